The molecule has 1 aliphatic heterocycles. The number of amides is 1. The molecule has 1 aromatic carbocycles. The molecule has 6 heteroatoms. The van der Waals surface area contributed by atoms with Gasteiger partial charge in [-0.2, -0.15) is 0 Å². The van der Waals surface area contributed by atoms with Crippen molar-refractivity contribution in [1.82, 2.24) is 24.5 Å². The summed E-state index contributed by atoms with van der Waals surface area (Å²) in [6, 6.07) is 16.2. The number of piperazine rings is 1. The maximum Gasteiger partial charge on any atom is 0.220 e. The number of aromatic nitrogens is 2. The summed E-state index contributed by atoms with van der Waals surface area (Å²) in [5.74, 6) is 0.101. The number of likely N-dealkylation sites (N-methyl/N-ethyl adjacent to an activating group) is 1. The largest absolute Gasteiger partial charge is 0.355 e. The van der Waals surface area contributed by atoms with Crippen molar-refractivity contribution in [2.75, 3.05) is 46.3 Å². The molecular weight excluding hydrogens is 362 g/mol. The number of nitrogens with zero attached hydrogens (tertiary/aromatic N) is 4. The first-order valence-electron chi connectivity index (χ1n) is 10.4. The SMILES string of the molecule is CN1CCN(CCNC(=O)CCc2c(-c3ccccc3)nc3ccccn23)CC1. The van der Waals surface area contributed by atoms with Crippen LogP contribution in [-0.2, 0) is 11.2 Å². The fraction of sp³-hybridized carbons (Fsp3) is 0.391. The Morgan fingerprint density at radius 2 is 1.79 bits per heavy atom. The van der Waals surface area contributed by atoms with Gasteiger partial charge < -0.3 is 14.6 Å². The van der Waals surface area contributed by atoms with Crippen molar-refractivity contribution in [3.05, 3.63) is 60.4 Å². The van der Waals surface area contributed by atoms with E-state index in [-0.39, 0.29) is 5.91 Å². The van der Waals surface area contributed by atoms with Crippen molar-refractivity contribution < 1.29 is 4.79 Å². The van der Waals surface area contributed by atoms with Crippen LogP contribution in [0, 0.1) is 0 Å². The second-order valence-electron chi connectivity index (χ2n) is 7.70. The van der Waals surface area contributed by atoms with E-state index in [1.165, 1.54) is 0 Å². The normalized spacial score (nSPS) is 15.6. The van der Waals surface area contributed by atoms with Crippen molar-refractivity contribution in [3.63, 3.8) is 0 Å². The number of imidazole rings is 1. The number of carbonyl (C=O) groups excluding carboxylic acids is 1. The fourth-order valence-corrected chi connectivity index (χ4v) is 3.86. The summed E-state index contributed by atoms with van der Waals surface area (Å²) < 4.78 is 2.10. The van der Waals surface area contributed by atoms with Gasteiger partial charge in [-0.05, 0) is 25.6 Å². The van der Waals surface area contributed by atoms with E-state index >= 15 is 0 Å². The third kappa shape index (κ3) is 4.83. The maximum atomic E-state index is 12.4. The van der Waals surface area contributed by atoms with E-state index in [2.05, 4.69) is 38.7 Å². The Bertz CT molecular complexity index is 944. The lowest BCUT2D eigenvalue weighted by molar-refractivity contribution is -0.121. The first kappa shape index (κ1) is 19.6. The number of benzene rings is 1. The highest BCUT2D eigenvalue weighted by atomic mass is 16.1. The van der Waals surface area contributed by atoms with E-state index in [1.807, 2.05) is 42.6 Å². The monoisotopic (exact) mass is 391 g/mol. The predicted octanol–water partition coefficient (Wildman–Crippen LogP) is 2.30. The van der Waals surface area contributed by atoms with Crippen LogP contribution in [0.2, 0.25) is 0 Å². The molecule has 3 heterocycles. The maximum absolute atomic E-state index is 12.4. The van der Waals surface area contributed by atoms with E-state index in [9.17, 15) is 4.79 Å². The molecule has 1 aliphatic rings. The zero-order valence-corrected chi connectivity index (χ0v) is 17.1. The zero-order valence-electron chi connectivity index (χ0n) is 17.1. The van der Waals surface area contributed by atoms with Crippen molar-refractivity contribution in [2.45, 2.75) is 12.8 Å². The summed E-state index contributed by atoms with van der Waals surface area (Å²) in [7, 11) is 2.16. The van der Waals surface area contributed by atoms with Gasteiger partial charge in [0, 0.05) is 57.4 Å². The molecule has 152 valence electrons. The van der Waals surface area contributed by atoms with Gasteiger partial charge in [0.05, 0.1) is 11.4 Å². The Hall–Kier alpha value is -2.70. The molecule has 6 nitrogen and oxygen atoms in total. The quantitative estimate of drug-likeness (QED) is 0.672. The van der Waals surface area contributed by atoms with Gasteiger partial charge in [-0.1, -0.05) is 36.4 Å². The molecule has 1 saturated heterocycles. The van der Waals surface area contributed by atoms with Crippen LogP contribution in [-0.4, -0.2) is 71.4 Å². The molecule has 29 heavy (non-hydrogen) atoms. The Balaban J connectivity index is 1.37. The van der Waals surface area contributed by atoms with Crippen molar-refractivity contribution in [1.29, 1.82) is 0 Å². The average molecular weight is 392 g/mol. The predicted molar refractivity (Wildman–Crippen MR) is 116 cm³/mol. The van der Waals surface area contributed by atoms with Crippen molar-refractivity contribution in [3.8, 4) is 11.3 Å². The Morgan fingerprint density at radius 1 is 1.03 bits per heavy atom. The molecular formula is C23H29N5O. The van der Waals surface area contributed by atoms with Crippen LogP contribution in [0.4, 0.5) is 0 Å². The van der Waals surface area contributed by atoms with Gasteiger partial charge in [0.25, 0.3) is 0 Å². The number of carbonyl (C=O) groups is 1. The molecule has 0 radical (unpaired) electrons. The fourth-order valence-electron chi connectivity index (χ4n) is 3.86. The molecule has 0 spiro atoms. The number of pyridine rings is 1. The lowest BCUT2D eigenvalue weighted by Crippen LogP contribution is -2.46. The topological polar surface area (TPSA) is 52.9 Å². The summed E-state index contributed by atoms with van der Waals surface area (Å²) in [4.78, 5) is 22.0. The molecule has 1 N–H and O–H groups in total. The highest BCUT2D eigenvalue weighted by molar-refractivity contribution is 5.77. The van der Waals surface area contributed by atoms with Gasteiger partial charge >= 0.3 is 0 Å². The number of nitrogens with one attached hydrogen (secondary N) is 1. The zero-order chi connectivity index (χ0) is 20.1. The second kappa shape index (κ2) is 9.20. The first-order chi connectivity index (χ1) is 14.2. The van der Waals surface area contributed by atoms with E-state index in [4.69, 9.17) is 4.98 Å². The lowest BCUT2D eigenvalue weighted by atomic mass is 10.1. The summed E-state index contributed by atoms with van der Waals surface area (Å²) in [5, 5.41) is 3.09. The van der Waals surface area contributed by atoms with Crippen LogP contribution in [0.15, 0.2) is 54.7 Å². The molecule has 0 aliphatic carbocycles. The number of hydrogen-bond acceptors (Lipinski definition) is 4. The Morgan fingerprint density at radius 3 is 2.59 bits per heavy atom. The number of fused-ring (bicyclic) bond motifs is 1. The number of rotatable bonds is 7. The van der Waals surface area contributed by atoms with Crippen LogP contribution >= 0.6 is 0 Å². The molecule has 3 aromatic rings. The third-order valence-corrected chi connectivity index (χ3v) is 5.61. The van der Waals surface area contributed by atoms with E-state index in [0.29, 0.717) is 19.4 Å². The molecule has 0 saturated carbocycles. The average Bonchev–Trinajstić information content (AvgIpc) is 3.13. The minimum absolute atomic E-state index is 0.101. The van der Waals surface area contributed by atoms with Gasteiger partial charge in [-0.3, -0.25) is 9.69 Å². The number of aryl methyl sites for hydroxylation is 1. The minimum atomic E-state index is 0.101. The van der Waals surface area contributed by atoms with Crippen LogP contribution in [0.5, 0.6) is 0 Å². The summed E-state index contributed by atoms with van der Waals surface area (Å²) >= 11 is 0. The van der Waals surface area contributed by atoms with E-state index < -0.39 is 0 Å². The number of hydrogen-bond donors (Lipinski definition) is 1. The van der Waals surface area contributed by atoms with Gasteiger partial charge in [0.1, 0.15) is 5.65 Å². The van der Waals surface area contributed by atoms with E-state index in [0.717, 1.165) is 55.3 Å². The molecule has 4 rings (SSSR count). The molecule has 0 bridgehead atoms. The highest BCUT2D eigenvalue weighted by Gasteiger charge is 2.16. The highest BCUT2D eigenvalue weighted by Crippen LogP contribution is 2.25. The molecule has 2 aromatic heterocycles. The Kier molecular flexibility index (Phi) is 6.22. The molecule has 0 unspecified atom stereocenters. The van der Waals surface area contributed by atoms with Crippen molar-refractivity contribution in [2.24, 2.45) is 0 Å². The summed E-state index contributed by atoms with van der Waals surface area (Å²) in [6.45, 7) is 5.99. The molecule has 1 fully saturated rings. The van der Waals surface area contributed by atoms with Gasteiger partial charge in [0.15, 0.2) is 0 Å². The Labute approximate surface area is 172 Å². The van der Waals surface area contributed by atoms with Crippen LogP contribution < -0.4 is 5.32 Å². The van der Waals surface area contributed by atoms with Crippen LogP contribution in [0.3, 0.4) is 0 Å². The summed E-state index contributed by atoms with van der Waals surface area (Å²) in [6.07, 6.45) is 3.15. The van der Waals surface area contributed by atoms with Crippen molar-refractivity contribution >= 4 is 11.6 Å². The lowest BCUT2D eigenvalue weighted by Gasteiger charge is -2.32. The summed E-state index contributed by atoms with van der Waals surface area (Å²) in [5.41, 5.74) is 4.04. The minimum Gasteiger partial charge on any atom is -0.355 e. The van der Waals surface area contributed by atoms with Gasteiger partial charge in [-0.25, -0.2) is 4.98 Å². The smallest absolute Gasteiger partial charge is 0.220 e. The van der Waals surface area contributed by atoms with Gasteiger partial charge in [0.2, 0.25) is 5.91 Å². The first-order valence-corrected chi connectivity index (χ1v) is 10.4. The molecule has 0 atom stereocenters. The van der Waals surface area contributed by atoms with Gasteiger partial charge in [-0.15, -0.1) is 0 Å². The second-order valence-corrected chi connectivity index (χ2v) is 7.70. The van der Waals surface area contributed by atoms with Crippen LogP contribution in [0.1, 0.15) is 12.1 Å². The third-order valence-electron chi connectivity index (χ3n) is 5.61. The molecule has 1 amide bonds. The standard InChI is InChI=1S/C23H29N5O/c1-26-15-17-27(18-16-26)14-12-24-22(29)11-10-20-23(19-7-3-2-4-8-19)25-21-9-5-6-13-28(20)21/h2-9,13H,10-12,14-18H2,1H3,(H,24,29). The van der Waals surface area contributed by atoms with Crippen LogP contribution in [0.25, 0.3) is 16.9 Å². The van der Waals surface area contributed by atoms with E-state index in [1.54, 1.807) is 0 Å².